The maximum Gasteiger partial charge on any atom is 0.338 e. The molecule has 0 N–H and O–H groups in total. The fourth-order valence-electron chi connectivity index (χ4n) is 2.66. The molecule has 0 saturated heterocycles. The summed E-state index contributed by atoms with van der Waals surface area (Å²) in [5, 5.41) is 2.91. The molecular weight excluding hydrogens is 408 g/mol. The number of hydrogen-bond donors (Lipinski definition) is 0. The van der Waals surface area contributed by atoms with Crippen molar-refractivity contribution >= 4 is 33.0 Å². The number of aryl methyl sites for hydroxylation is 1. The highest BCUT2D eigenvalue weighted by Crippen LogP contribution is 2.22. The molecule has 152 valence electrons. The van der Waals surface area contributed by atoms with Gasteiger partial charge >= 0.3 is 5.97 Å². The van der Waals surface area contributed by atoms with Crippen molar-refractivity contribution in [3.63, 3.8) is 0 Å². The Morgan fingerprint density at radius 2 is 1.79 bits per heavy atom. The van der Waals surface area contributed by atoms with E-state index in [4.69, 9.17) is 4.74 Å². The largest absolute Gasteiger partial charge is 0.456 e. The second-order valence-electron chi connectivity index (χ2n) is 6.39. The number of carbonyl (C=O) groups excluding carboxylic acids is 1. The summed E-state index contributed by atoms with van der Waals surface area (Å²) in [5.41, 5.74) is 1.56. The van der Waals surface area contributed by atoms with Gasteiger partial charge in [0.2, 0.25) is 0 Å². The number of rotatable bonds is 8. The zero-order valence-electron chi connectivity index (χ0n) is 16.2. The van der Waals surface area contributed by atoms with Gasteiger partial charge in [-0.15, -0.1) is 11.3 Å². The number of anilines is 1. The third-order valence-electron chi connectivity index (χ3n) is 4.28. The standard InChI is InChI=1S/C21H22N2O4S2/c1-3-7-20-22-17(15-28-20)14-27-21(24)16-10-12-19(13-11-16)29(25,26)23(2)18-8-5-4-6-9-18/h4-6,8-13,15H,3,7,14H2,1-2H3. The fourth-order valence-corrected chi connectivity index (χ4v) is 4.74. The van der Waals surface area contributed by atoms with Crippen LogP contribution in [0.25, 0.3) is 0 Å². The summed E-state index contributed by atoms with van der Waals surface area (Å²) in [7, 11) is -2.23. The van der Waals surface area contributed by atoms with Crippen molar-refractivity contribution in [1.29, 1.82) is 0 Å². The smallest absolute Gasteiger partial charge is 0.338 e. The van der Waals surface area contributed by atoms with Crippen LogP contribution < -0.4 is 4.31 Å². The van der Waals surface area contributed by atoms with Crippen molar-refractivity contribution in [3.8, 4) is 0 Å². The Balaban J connectivity index is 1.66. The fraction of sp³-hybridized carbons (Fsp3) is 0.238. The summed E-state index contributed by atoms with van der Waals surface area (Å²) in [5.74, 6) is -0.518. The molecule has 0 aliphatic heterocycles. The highest BCUT2D eigenvalue weighted by atomic mass is 32.2. The molecule has 0 radical (unpaired) electrons. The van der Waals surface area contributed by atoms with Crippen LogP contribution in [0.15, 0.2) is 64.9 Å². The van der Waals surface area contributed by atoms with E-state index < -0.39 is 16.0 Å². The van der Waals surface area contributed by atoms with E-state index in [0.717, 1.165) is 23.5 Å². The molecule has 3 rings (SSSR count). The first kappa shape index (κ1) is 21.0. The Hall–Kier alpha value is -2.71. The lowest BCUT2D eigenvalue weighted by Gasteiger charge is -2.19. The van der Waals surface area contributed by atoms with Crippen LogP contribution >= 0.6 is 11.3 Å². The van der Waals surface area contributed by atoms with Gasteiger partial charge in [0, 0.05) is 12.4 Å². The highest BCUT2D eigenvalue weighted by molar-refractivity contribution is 7.92. The second kappa shape index (κ2) is 9.19. The van der Waals surface area contributed by atoms with Crippen LogP contribution in [0, 0.1) is 0 Å². The van der Waals surface area contributed by atoms with Gasteiger partial charge in [-0.1, -0.05) is 25.1 Å². The molecule has 3 aromatic rings. The molecule has 0 spiro atoms. The zero-order valence-corrected chi connectivity index (χ0v) is 17.9. The molecule has 8 heteroatoms. The van der Waals surface area contributed by atoms with Gasteiger partial charge in [0.05, 0.1) is 26.8 Å². The minimum absolute atomic E-state index is 0.0931. The Bertz CT molecular complexity index is 1060. The minimum Gasteiger partial charge on any atom is -0.456 e. The molecule has 0 fully saturated rings. The predicted molar refractivity (Wildman–Crippen MR) is 114 cm³/mol. The molecule has 0 bridgehead atoms. The average molecular weight is 431 g/mol. The Morgan fingerprint density at radius 3 is 2.45 bits per heavy atom. The topological polar surface area (TPSA) is 76.6 Å². The van der Waals surface area contributed by atoms with Gasteiger partial charge in [0.25, 0.3) is 10.0 Å². The van der Waals surface area contributed by atoms with Crippen molar-refractivity contribution in [2.75, 3.05) is 11.4 Å². The van der Waals surface area contributed by atoms with Gasteiger partial charge in [0.15, 0.2) is 0 Å². The average Bonchev–Trinajstić information content (AvgIpc) is 3.20. The van der Waals surface area contributed by atoms with Crippen molar-refractivity contribution in [3.05, 3.63) is 76.2 Å². The lowest BCUT2D eigenvalue weighted by atomic mass is 10.2. The Kier molecular flexibility index (Phi) is 6.66. The van der Waals surface area contributed by atoms with Crippen LogP contribution in [0.2, 0.25) is 0 Å². The van der Waals surface area contributed by atoms with E-state index in [1.165, 1.54) is 35.6 Å². The van der Waals surface area contributed by atoms with E-state index in [1.807, 2.05) is 11.4 Å². The van der Waals surface area contributed by atoms with Gasteiger partial charge in [-0.3, -0.25) is 4.31 Å². The van der Waals surface area contributed by atoms with E-state index in [9.17, 15) is 13.2 Å². The van der Waals surface area contributed by atoms with Gasteiger partial charge in [-0.2, -0.15) is 0 Å². The summed E-state index contributed by atoms with van der Waals surface area (Å²) in [6.45, 7) is 2.18. The predicted octanol–water partition coefficient (Wildman–Crippen LogP) is 4.28. The molecule has 6 nitrogen and oxygen atoms in total. The lowest BCUT2D eigenvalue weighted by Crippen LogP contribution is -2.26. The number of carbonyl (C=O) groups is 1. The molecule has 0 aliphatic rings. The summed E-state index contributed by atoms with van der Waals surface area (Å²) in [6, 6.07) is 14.5. The molecule has 29 heavy (non-hydrogen) atoms. The van der Waals surface area contributed by atoms with E-state index >= 15 is 0 Å². The minimum atomic E-state index is -3.72. The normalized spacial score (nSPS) is 11.2. The molecule has 0 saturated carbocycles. The first-order valence-corrected chi connectivity index (χ1v) is 11.5. The van der Waals surface area contributed by atoms with E-state index in [-0.39, 0.29) is 17.1 Å². The van der Waals surface area contributed by atoms with Crippen molar-refractivity contribution in [1.82, 2.24) is 4.98 Å². The molecule has 0 aliphatic carbocycles. The Labute approximate surface area is 174 Å². The maximum atomic E-state index is 12.8. The van der Waals surface area contributed by atoms with E-state index in [0.29, 0.717) is 5.69 Å². The first-order valence-electron chi connectivity index (χ1n) is 9.16. The van der Waals surface area contributed by atoms with Crippen molar-refractivity contribution in [2.24, 2.45) is 0 Å². The lowest BCUT2D eigenvalue weighted by molar-refractivity contribution is 0.0468. The number of ether oxygens (including phenoxy) is 1. The van der Waals surface area contributed by atoms with Crippen molar-refractivity contribution in [2.45, 2.75) is 31.3 Å². The van der Waals surface area contributed by atoms with Crippen LogP contribution in [0.4, 0.5) is 5.69 Å². The molecule has 1 aromatic heterocycles. The Morgan fingerprint density at radius 1 is 1.10 bits per heavy atom. The van der Waals surface area contributed by atoms with Gasteiger partial charge in [0.1, 0.15) is 6.61 Å². The van der Waals surface area contributed by atoms with E-state index in [1.54, 1.807) is 35.6 Å². The number of para-hydroxylation sites is 1. The molecule has 1 heterocycles. The number of nitrogens with zero attached hydrogens (tertiary/aromatic N) is 2. The molecule has 0 unspecified atom stereocenters. The molecule has 2 aromatic carbocycles. The summed E-state index contributed by atoms with van der Waals surface area (Å²) in [6.07, 6.45) is 1.92. The second-order valence-corrected chi connectivity index (χ2v) is 9.30. The highest BCUT2D eigenvalue weighted by Gasteiger charge is 2.21. The summed E-state index contributed by atoms with van der Waals surface area (Å²) >= 11 is 1.55. The summed E-state index contributed by atoms with van der Waals surface area (Å²) < 4.78 is 32.1. The van der Waals surface area contributed by atoms with Gasteiger partial charge in [-0.25, -0.2) is 18.2 Å². The van der Waals surface area contributed by atoms with Crippen LogP contribution in [0.1, 0.15) is 34.4 Å². The molecule has 0 atom stereocenters. The van der Waals surface area contributed by atoms with Crippen molar-refractivity contribution < 1.29 is 17.9 Å². The van der Waals surface area contributed by atoms with Gasteiger partial charge < -0.3 is 4.74 Å². The number of hydrogen-bond acceptors (Lipinski definition) is 6. The quantitative estimate of drug-likeness (QED) is 0.499. The summed E-state index contributed by atoms with van der Waals surface area (Å²) in [4.78, 5) is 16.8. The van der Waals surface area contributed by atoms with Crippen LogP contribution in [-0.4, -0.2) is 26.4 Å². The SMILES string of the molecule is CCCc1nc(COC(=O)c2ccc(S(=O)(=O)N(C)c3ccccc3)cc2)cs1. The van der Waals surface area contributed by atoms with E-state index in [2.05, 4.69) is 11.9 Å². The monoisotopic (exact) mass is 430 g/mol. The third kappa shape index (κ3) is 5.02. The van der Waals surface area contributed by atoms with Gasteiger partial charge in [-0.05, 0) is 49.2 Å². The van der Waals surface area contributed by atoms with Crippen LogP contribution in [0.5, 0.6) is 0 Å². The van der Waals surface area contributed by atoms with Crippen LogP contribution in [0.3, 0.4) is 0 Å². The third-order valence-corrected chi connectivity index (χ3v) is 7.04. The first-order chi connectivity index (χ1) is 13.9. The number of thiazole rings is 1. The molecular formula is C21H22N2O4S2. The van der Waals surface area contributed by atoms with Crippen LogP contribution in [-0.2, 0) is 27.8 Å². The number of aromatic nitrogens is 1. The zero-order chi connectivity index (χ0) is 20.9. The maximum absolute atomic E-state index is 12.8. The molecule has 0 amide bonds. The number of sulfonamides is 1. The number of benzene rings is 2. The number of esters is 1.